The molecule has 3 rings (SSSR count). The van der Waals surface area contributed by atoms with Gasteiger partial charge in [0.1, 0.15) is 12.4 Å². The number of nitrogens with zero attached hydrogens (tertiary/aromatic N) is 1. The van der Waals surface area contributed by atoms with E-state index in [2.05, 4.69) is 15.8 Å². The number of ether oxygens (including phenoxy) is 3. The zero-order valence-corrected chi connectivity index (χ0v) is 18.6. The predicted octanol–water partition coefficient (Wildman–Crippen LogP) is 3.68. The molecule has 8 nitrogen and oxygen atoms in total. The molecule has 2 amide bonds. The first-order valence-corrected chi connectivity index (χ1v) is 10.1. The van der Waals surface area contributed by atoms with Gasteiger partial charge in [-0.3, -0.25) is 9.59 Å². The van der Waals surface area contributed by atoms with Gasteiger partial charge in [-0.05, 0) is 53.9 Å². The number of hydrazone groups is 1. The van der Waals surface area contributed by atoms with Crippen molar-refractivity contribution in [3.8, 4) is 17.2 Å². The number of methoxy groups -OCH3 is 2. The average molecular weight is 447 g/mol. The molecular formula is C25H25N3O5. The summed E-state index contributed by atoms with van der Waals surface area (Å²) in [5.41, 5.74) is 5.46. The Morgan fingerprint density at radius 2 is 1.61 bits per heavy atom. The van der Waals surface area contributed by atoms with Crippen LogP contribution in [0.4, 0.5) is 5.69 Å². The topological polar surface area (TPSA) is 98.2 Å². The molecule has 0 aliphatic heterocycles. The SMILES string of the molecule is COc1ccccc1NC(=O)C(=O)N/N=C/c1ccc(OCc2ccccc2C)c(OC)c1. The van der Waals surface area contributed by atoms with E-state index in [1.54, 1.807) is 49.6 Å². The number of rotatable bonds is 8. The van der Waals surface area contributed by atoms with Crippen molar-refractivity contribution in [3.63, 3.8) is 0 Å². The fourth-order valence-corrected chi connectivity index (χ4v) is 2.95. The predicted molar refractivity (Wildman–Crippen MR) is 126 cm³/mol. The molecule has 0 heterocycles. The number of nitrogens with one attached hydrogen (secondary N) is 2. The summed E-state index contributed by atoms with van der Waals surface area (Å²) in [7, 11) is 3.02. The van der Waals surface area contributed by atoms with Gasteiger partial charge in [0.25, 0.3) is 0 Å². The second kappa shape index (κ2) is 11.3. The Bertz CT molecular complexity index is 1160. The molecule has 3 aromatic rings. The van der Waals surface area contributed by atoms with E-state index in [0.29, 0.717) is 35.1 Å². The van der Waals surface area contributed by atoms with E-state index in [1.807, 2.05) is 31.2 Å². The van der Waals surface area contributed by atoms with Gasteiger partial charge in [-0.15, -0.1) is 0 Å². The molecular weight excluding hydrogens is 422 g/mol. The maximum Gasteiger partial charge on any atom is 0.329 e. The molecule has 0 bridgehead atoms. The molecule has 0 spiro atoms. The molecule has 2 N–H and O–H groups in total. The first-order chi connectivity index (χ1) is 16.0. The van der Waals surface area contributed by atoms with Gasteiger partial charge in [0, 0.05) is 0 Å². The molecule has 0 atom stereocenters. The van der Waals surface area contributed by atoms with Crippen LogP contribution in [0.1, 0.15) is 16.7 Å². The van der Waals surface area contributed by atoms with Crippen molar-refractivity contribution in [3.05, 3.63) is 83.4 Å². The number of benzene rings is 3. The van der Waals surface area contributed by atoms with E-state index >= 15 is 0 Å². The van der Waals surface area contributed by atoms with E-state index in [4.69, 9.17) is 14.2 Å². The monoisotopic (exact) mass is 447 g/mol. The van der Waals surface area contributed by atoms with E-state index in [0.717, 1.165) is 11.1 Å². The van der Waals surface area contributed by atoms with Gasteiger partial charge in [0.2, 0.25) is 0 Å². The zero-order chi connectivity index (χ0) is 23.6. The lowest BCUT2D eigenvalue weighted by molar-refractivity contribution is -0.136. The number of anilines is 1. The van der Waals surface area contributed by atoms with Crippen LogP contribution in [0, 0.1) is 6.92 Å². The number of para-hydroxylation sites is 2. The number of aryl methyl sites for hydroxylation is 1. The van der Waals surface area contributed by atoms with E-state index in [9.17, 15) is 9.59 Å². The van der Waals surface area contributed by atoms with E-state index < -0.39 is 11.8 Å². The molecule has 0 aromatic heterocycles. The van der Waals surface area contributed by atoms with Crippen LogP contribution in [-0.4, -0.2) is 32.2 Å². The Morgan fingerprint density at radius 3 is 2.36 bits per heavy atom. The third-order valence-electron chi connectivity index (χ3n) is 4.77. The minimum atomic E-state index is -0.915. The number of hydrogen-bond acceptors (Lipinski definition) is 6. The van der Waals surface area contributed by atoms with Crippen LogP contribution < -0.4 is 25.0 Å². The van der Waals surface area contributed by atoms with Crippen molar-refractivity contribution in [1.82, 2.24) is 5.43 Å². The van der Waals surface area contributed by atoms with Crippen LogP contribution in [-0.2, 0) is 16.2 Å². The highest BCUT2D eigenvalue weighted by Crippen LogP contribution is 2.28. The molecule has 0 fully saturated rings. The lowest BCUT2D eigenvalue weighted by Crippen LogP contribution is -2.32. The van der Waals surface area contributed by atoms with Crippen LogP contribution in [0.5, 0.6) is 17.2 Å². The first-order valence-electron chi connectivity index (χ1n) is 10.1. The lowest BCUT2D eigenvalue weighted by Gasteiger charge is -2.12. The summed E-state index contributed by atoms with van der Waals surface area (Å²) in [6.07, 6.45) is 1.40. The van der Waals surface area contributed by atoms with Crippen molar-refractivity contribution in [2.24, 2.45) is 5.10 Å². The van der Waals surface area contributed by atoms with Crippen molar-refractivity contribution in [2.45, 2.75) is 13.5 Å². The summed E-state index contributed by atoms with van der Waals surface area (Å²) in [4.78, 5) is 24.1. The molecule has 0 radical (unpaired) electrons. The van der Waals surface area contributed by atoms with Crippen molar-refractivity contribution in [2.75, 3.05) is 19.5 Å². The third kappa shape index (κ3) is 6.33. The van der Waals surface area contributed by atoms with E-state index in [-0.39, 0.29) is 0 Å². The molecule has 0 aliphatic carbocycles. The van der Waals surface area contributed by atoms with Gasteiger partial charge in [0.05, 0.1) is 26.1 Å². The van der Waals surface area contributed by atoms with Crippen molar-refractivity contribution < 1.29 is 23.8 Å². The Morgan fingerprint density at radius 1 is 0.879 bits per heavy atom. The summed E-state index contributed by atoms with van der Waals surface area (Å²) in [5, 5.41) is 6.32. The third-order valence-corrected chi connectivity index (χ3v) is 4.77. The minimum absolute atomic E-state index is 0.384. The maximum atomic E-state index is 12.1. The Kier molecular flexibility index (Phi) is 8.02. The van der Waals surface area contributed by atoms with Crippen molar-refractivity contribution >= 4 is 23.7 Å². The van der Waals surface area contributed by atoms with Crippen molar-refractivity contribution in [1.29, 1.82) is 0 Å². The van der Waals surface area contributed by atoms with Crippen LogP contribution in [0.3, 0.4) is 0 Å². The number of carbonyl (C=O) groups is 2. The Hall–Kier alpha value is -4.33. The van der Waals surface area contributed by atoms with Gasteiger partial charge in [0.15, 0.2) is 11.5 Å². The zero-order valence-electron chi connectivity index (χ0n) is 18.6. The fourth-order valence-electron chi connectivity index (χ4n) is 2.95. The normalized spacial score (nSPS) is 10.5. The van der Waals surface area contributed by atoms with Gasteiger partial charge in [-0.1, -0.05) is 36.4 Å². The molecule has 0 aliphatic rings. The summed E-state index contributed by atoms with van der Waals surface area (Å²) < 4.78 is 16.5. The second-order valence-corrected chi connectivity index (χ2v) is 6.98. The average Bonchev–Trinajstić information content (AvgIpc) is 2.84. The summed E-state index contributed by atoms with van der Waals surface area (Å²) in [6.45, 7) is 2.44. The van der Waals surface area contributed by atoms with Gasteiger partial charge in [-0.2, -0.15) is 5.10 Å². The molecule has 8 heteroatoms. The minimum Gasteiger partial charge on any atom is -0.495 e. The Balaban J connectivity index is 1.58. The maximum absolute atomic E-state index is 12.1. The molecule has 0 unspecified atom stereocenters. The molecule has 33 heavy (non-hydrogen) atoms. The largest absolute Gasteiger partial charge is 0.495 e. The highest BCUT2D eigenvalue weighted by atomic mass is 16.5. The molecule has 3 aromatic carbocycles. The molecule has 0 saturated heterocycles. The van der Waals surface area contributed by atoms with Gasteiger partial charge >= 0.3 is 11.8 Å². The standard InChI is InChI=1S/C25H25N3O5/c1-17-8-4-5-9-19(17)16-33-22-13-12-18(14-23(22)32-3)15-26-28-25(30)24(29)27-20-10-6-7-11-21(20)31-2/h4-15H,16H2,1-3H3,(H,27,29)(H,28,30)/b26-15+. The Labute approximate surface area is 192 Å². The lowest BCUT2D eigenvalue weighted by atomic mass is 10.1. The van der Waals surface area contributed by atoms with Crippen LogP contribution >= 0.6 is 0 Å². The molecule has 0 saturated carbocycles. The second-order valence-electron chi connectivity index (χ2n) is 6.98. The van der Waals surface area contributed by atoms with E-state index in [1.165, 1.54) is 13.3 Å². The number of carbonyl (C=O) groups excluding carboxylic acids is 2. The summed E-state index contributed by atoms with van der Waals surface area (Å²) in [6, 6.07) is 20.0. The molecule has 170 valence electrons. The fraction of sp³-hybridized carbons (Fsp3) is 0.160. The highest BCUT2D eigenvalue weighted by molar-refractivity contribution is 6.39. The smallest absolute Gasteiger partial charge is 0.329 e. The first kappa shape index (κ1) is 23.3. The van der Waals surface area contributed by atoms with Gasteiger partial charge in [-0.25, -0.2) is 5.43 Å². The number of amides is 2. The van der Waals surface area contributed by atoms with Gasteiger partial charge < -0.3 is 19.5 Å². The summed E-state index contributed by atoms with van der Waals surface area (Å²) >= 11 is 0. The summed E-state index contributed by atoms with van der Waals surface area (Å²) in [5.74, 6) is -0.235. The van der Waals surface area contributed by atoms with Crippen LogP contribution in [0.15, 0.2) is 71.8 Å². The highest BCUT2D eigenvalue weighted by Gasteiger charge is 2.15. The number of hydrogen-bond donors (Lipinski definition) is 2. The van der Waals surface area contributed by atoms with Crippen LogP contribution in [0.25, 0.3) is 0 Å². The quantitative estimate of drug-likeness (QED) is 0.312. The van der Waals surface area contributed by atoms with Crippen LogP contribution in [0.2, 0.25) is 0 Å².